The zero-order chi connectivity index (χ0) is 17.6. The third-order valence-electron chi connectivity index (χ3n) is 6.32. The van der Waals surface area contributed by atoms with Crippen LogP contribution in [-0.4, -0.2) is 48.2 Å². The maximum Gasteiger partial charge on any atom is 0.412 e. The Labute approximate surface area is 152 Å². The van der Waals surface area contributed by atoms with Crippen molar-refractivity contribution in [2.45, 2.75) is 83.5 Å². The van der Waals surface area contributed by atoms with E-state index in [0.717, 1.165) is 51.1 Å². The standard InChI is InChI=1S/C20H35NO4/c1-15(22)13-16-7-9-17(10-8-16)18-5-4-11-21(14-18)20(23)25-19-6-2-3-12-24-19/h15-19,22H,2-14H2,1H3. The summed E-state index contributed by atoms with van der Waals surface area (Å²) in [5.41, 5.74) is 0. The number of aliphatic hydroxyl groups excluding tert-OH is 1. The number of ether oxygens (including phenoxy) is 2. The minimum Gasteiger partial charge on any atom is -0.419 e. The summed E-state index contributed by atoms with van der Waals surface area (Å²) in [6, 6.07) is 0. The summed E-state index contributed by atoms with van der Waals surface area (Å²) in [5, 5.41) is 9.58. The molecule has 2 heterocycles. The quantitative estimate of drug-likeness (QED) is 0.832. The van der Waals surface area contributed by atoms with Crippen LogP contribution in [0.4, 0.5) is 4.79 Å². The van der Waals surface area contributed by atoms with Crippen LogP contribution >= 0.6 is 0 Å². The van der Waals surface area contributed by atoms with Gasteiger partial charge in [-0.1, -0.05) is 12.8 Å². The molecule has 3 atom stereocenters. The number of nitrogens with zero attached hydrogens (tertiary/aromatic N) is 1. The van der Waals surface area contributed by atoms with Gasteiger partial charge in [0.2, 0.25) is 6.29 Å². The van der Waals surface area contributed by atoms with Crippen LogP contribution in [0.2, 0.25) is 0 Å². The molecule has 1 amide bonds. The Morgan fingerprint density at radius 1 is 1.12 bits per heavy atom. The number of piperidine rings is 1. The lowest BCUT2D eigenvalue weighted by molar-refractivity contribution is -0.134. The zero-order valence-electron chi connectivity index (χ0n) is 15.7. The summed E-state index contributed by atoms with van der Waals surface area (Å²) in [7, 11) is 0. The molecule has 0 radical (unpaired) electrons. The van der Waals surface area contributed by atoms with Gasteiger partial charge in [-0.3, -0.25) is 0 Å². The molecule has 25 heavy (non-hydrogen) atoms. The van der Waals surface area contributed by atoms with Gasteiger partial charge >= 0.3 is 6.09 Å². The lowest BCUT2D eigenvalue weighted by Crippen LogP contribution is -2.44. The first-order chi connectivity index (χ1) is 12.1. The third-order valence-corrected chi connectivity index (χ3v) is 6.32. The highest BCUT2D eigenvalue weighted by Gasteiger charge is 2.33. The Morgan fingerprint density at radius 2 is 1.92 bits per heavy atom. The van der Waals surface area contributed by atoms with Crippen molar-refractivity contribution in [3.05, 3.63) is 0 Å². The number of aliphatic hydroxyl groups is 1. The van der Waals surface area contributed by atoms with E-state index in [2.05, 4.69) is 0 Å². The lowest BCUT2D eigenvalue weighted by Gasteiger charge is -2.40. The molecule has 5 nitrogen and oxygen atoms in total. The molecule has 0 spiro atoms. The molecule has 0 bridgehead atoms. The normalized spacial score (nSPS) is 35.2. The van der Waals surface area contributed by atoms with E-state index >= 15 is 0 Å². The molecule has 2 aliphatic heterocycles. The summed E-state index contributed by atoms with van der Waals surface area (Å²) in [4.78, 5) is 14.4. The fraction of sp³-hybridized carbons (Fsp3) is 0.950. The Kier molecular flexibility index (Phi) is 7.00. The van der Waals surface area contributed by atoms with Crippen molar-refractivity contribution in [1.29, 1.82) is 0 Å². The second-order valence-electron chi connectivity index (χ2n) is 8.39. The van der Waals surface area contributed by atoms with Gasteiger partial charge < -0.3 is 19.5 Å². The van der Waals surface area contributed by atoms with E-state index in [1.54, 1.807) is 0 Å². The largest absolute Gasteiger partial charge is 0.419 e. The van der Waals surface area contributed by atoms with E-state index in [4.69, 9.17) is 9.47 Å². The van der Waals surface area contributed by atoms with E-state index in [1.807, 2.05) is 11.8 Å². The van der Waals surface area contributed by atoms with Gasteiger partial charge in [0.25, 0.3) is 0 Å². The summed E-state index contributed by atoms with van der Waals surface area (Å²) in [6.45, 7) is 4.26. The van der Waals surface area contributed by atoms with Crippen LogP contribution in [0.1, 0.15) is 71.1 Å². The molecule has 3 rings (SSSR count). The number of carbonyl (C=O) groups is 1. The van der Waals surface area contributed by atoms with Crippen LogP contribution < -0.4 is 0 Å². The van der Waals surface area contributed by atoms with E-state index in [-0.39, 0.29) is 18.5 Å². The molecule has 0 aromatic rings. The molecule has 0 aromatic carbocycles. The number of hydrogen-bond donors (Lipinski definition) is 1. The van der Waals surface area contributed by atoms with Crippen molar-refractivity contribution in [3.8, 4) is 0 Å². The number of likely N-dealkylation sites (tertiary alicyclic amines) is 1. The molecule has 5 heteroatoms. The van der Waals surface area contributed by atoms with E-state index in [9.17, 15) is 9.90 Å². The van der Waals surface area contributed by atoms with Gasteiger partial charge in [-0.05, 0) is 69.6 Å². The van der Waals surface area contributed by atoms with Gasteiger partial charge in [-0.2, -0.15) is 0 Å². The fourth-order valence-electron chi connectivity index (χ4n) is 4.93. The van der Waals surface area contributed by atoms with Crippen molar-refractivity contribution in [2.75, 3.05) is 19.7 Å². The summed E-state index contributed by atoms with van der Waals surface area (Å²) < 4.78 is 11.1. The molecule has 144 valence electrons. The average molecular weight is 354 g/mol. The first kappa shape index (κ1) is 19.0. The highest BCUT2D eigenvalue weighted by molar-refractivity contribution is 5.67. The Hall–Kier alpha value is -0.810. The minimum absolute atomic E-state index is 0.177. The smallest absolute Gasteiger partial charge is 0.412 e. The van der Waals surface area contributed by atoms with Gasteiger partial charge in [-0.25, -0.2) is 4.79 Å². The van der Waals surface area contributed by atoms with Crippen molar-refractivity contribution < 1.29 is 19.4 Å². The Bertz CT molecular complexity index is 414. The molecule has 3 aliphatic rings. The summed E-state index contributed by atoms with van der Waals surface area (Å²) in [5.74, 6) is 2.03. The van der Waals surface area contributed by atoms with Gasteiger partial charge in [0.15, 0.2) is 0 Å². The number of amides is 1. The van der Waals surface area contributed by atoms with Crippen molar-refractivity contribution >= 4 is 6.09 Å². The predicted molar refractivity (Wildman–Crippen MR) is 96.1 cm³/mol. The van der Waals surface area contributed by atoms with Crippen LogP contribution in [0.5, 0.6) is 0 Å². The van der Waals surface area contributed by atoms with E-state index in [1.165, 1.54) is 32.1 Å². The predicted octanol–water partition coefficient (Wildman–Crippen LogP) is 3.94. The number of rotatable bonds is 4. The molecule has 1 N–H and O–H groups in total. The third kappa shape index (κ3) is 5.58. The molecule has 1 saturated carbocycles. The zero-order valence-corrected chi connectivity index (χ0v) is 15.7. The van der Waals surface area contributed by atoms with Crippen molar-refractivity contribution in [1.82, 2.24) is 4.90 Å². The van der Waals surface area contributed by atoms with Gasteiger partial charge in [0.05, 0.1) is 12.7 Å². The van der Waals surface area contributed by atoms with Crippen LogP contribution in [0.15, 0.2) is 0 Å². The topological polar surface area (TPSA) is 59.0 Å². The maximum absolute atomic E-state index is 12.5. The summed E-state index contributed by atoms with van der Waals surface area (Å²) >= 11 is 0. The highest BCUT2D eigenvalue weighted by Crippen LogP contribution is 2.38. The Balaban J connectivity index is 1.44. The molecule has 3 unspecified atom stereocenters. The second-order valence-corrected chi connectivity index (χ2v) is 8.39. The molecular weight excluding hydrogens is 318 g/mol. The lowest BCUT2D eigenvalue weighted by atomic mass is 9.72. The minimum atomic E-state index is -0.336. The van der Waals surface area contributed by atoms with Crippen molar-refractivity contribution in [2.24, 2.45) is 17.8 Å². The number of carbonyl (C=O) groups excluding carboxylic acids is 1. The van der Waals surface area contributed by atoms with Crippen LogP contribution in [0.25, 0.3) is 0 Å². The summed E-state index contributed by atoms with van der Waals surface area (Å²) in [6.07, 6.45) is 10.5. The first-order valence-corrected chi connectivity index (χ1v) is 10.4. The van der Waals surface area contributed by atoms with E-state index < -0.39 is 0 Å². The molecular formula is C20H35NO4. The van der Waals surface area contributed by atoms with Crippen LogP contribution in [-0.2, 0) is 9.47 Å². The van der Waals surface area contributed by atoms with Crippen LogP contribution in [0.3, 0.4) is 0 Å². The van der Waals surface area contributed by atoms with Gasteiger partial charge in [0.1, 0.15) is 0 Å². The molecule has 1 aliphatic carbocycles. The monoisotopic (exact) mass is 353 g/mol. The van der Waals surface area contributed by atoms with Crippen molar-refractivity contribution in [3.63, 3.8) is 0 Å². The Morgan fingerprint density at radius 3 is 2.60 bits per heavy atom. The fourth-order valence-corrected chi connectivity index (χ4v) is 4.93. The highest BCUT2D eigenvalue weighted by atomic mass is 16.7. The molecule has 3 fully saturated rings. The number of hydrogen-bond acceptors (Lipinski definition) is 4. The van der Waals surface area contributed by atoms with E-state index in [0.29, 0.717) is 18.4 Å². The maximum atomic E-state index is 12.5. The van der Waals surface area contributed by atoms with Gasteiger partial charge in [-0.15, -0.1) is 0 Å². The molecule has 0 aromatic heterocycles. The SMILES string of the molecule is CC(O)CC1CCC(C2CCCN(C(=O)OC3CCCCO3)C2)CC1. The molecule has 2 saturated heterocycles. The first-order valence-electron chi connectivity index (χ1n) is 10.4. The average Bonchev–Trinajstić information content (AvgIpc) is 2.63. The van der Waals surface area contributed by atoms with Crippen LogP contribution in [0, 0.1) is 17.8 Å². The second kappa shape index (κ2) is 9.22. The van der Waals surface area contributed by atoms with Gasteiger partial charge in [0, 0.05) is 19.5 Å².